The van der Waals surface area contributed by atoms with Crippen LogP contribution in [-0.2, 0) is 6.54 Å². The Labute approximate surface area is 77.4 Å². The first kappa shape index (κ1) is 8.26. The summed E-state index contributed by atoms with van der Waals surface area (Å²) >= 11 is 0. The number of hydrogen-bond donors (Lipinski definition) is 1. The van der Waals surface area contributed by atoms with Crippen molar-refractivity contribution in [1.29, 1.82) is 0 Å². The van der Waals surface area contributed by atoms with Gasteiger partial charge in [-0.2, -0.15) is 0 Å². The van der Waals surface area contributed by atoms with Crippen LogP contribution < -0.4 is 5.32 Å². The average Bonchev–Trinajstić information content (AvgIpc) is 2.46. The molecule has 0 saturated heterocycles. The van der Waals surface area contributed by atoms with Gasteiger partial charge >= 0.3 is 0 Å². The summed E-state index contributed by atoms with van der Waals surface area (Å²) in [5, 5.41) is 3.11. The molecule has 0 spiro atoms. The van der Waals surface area contributed by atoms with E-state index in [0.29, 0.717) is 0 Å². The molecule has 0 aliphatic heterocycles. The number of hydrogen-bond acceptors (Lipinski definition) is 2. The van der Waals surface area contributed by atoms with E-state index < -0.39 is 0 Å². The number of fused-ring (bicyclic) bond motifs is 1. The number of imidazole rings is 1. The summed E-state index contributed by atoms with van der Waals surface area (Å²) in [6, 6.07) is 6.14. The number of aromatic nitrogens is 2. The fraction of sp³-hybridized carbons (Fsp3) is 0.300. The number of nitrogens with one attached hydrogen (secondary N) is 1. The smallest absolute Gasteiger partial charge is 0.127 e. The molecule has 2 aromatic rings. The predicted molar refractivity (Wildman–Crippen MR) is 52.7 cm³/mol. The van der Waals surface area contributed by atoms with Crippen molar-refractivity contribution in [3.63, 3.8) is 0 Å². The van der Waals surface area contributed by atoms with Crippen LogP contribution in [0.5, 0.6) is 0 Å². The molecule has 3 nitrogen and oxygen atoms in total. The van der Waals surface area contributed by atoms with Crippen LogP contribution in [0.1, 0.15) is 11.5 Å². The summed E-state index contributed by atoms with van der Waals surface area (Å²) in [5.74, 6) is 1.07. The lowest BCUT2D eigenvalue weighted by Gasteiger charge is -1.98. The highest BCUT2D eigenvalue weighted by Gasteiger charge is 2.04. The number of aryl methyl sites for hydroxylation is 1. The van der Waals surface area contributed by atoms with Crippen molar-refractivity contribution in [2.24, 2.45) is 0 Å². The highest BCUT2D eigenvalue weighted by Crippen LogP contribution is 2.11. The summed E-state index contributed by atoms with van der Waals surface area (Å²) in [6.07, 6.45) is 2.04. The highest BCUT2D eigenvalue weighted by molar-refractivity contribution is 5.52. The molecule has 0 atom stereocenters. The molecule has 0 fully saturated rings. The van der Waals surface area contributed by atoms with Crippen molar-refractivity contribution in [1.82, 2.24) is 14.7 Å². The number of nitrogens with zero attached hydrogens (tertiary/aromatic N) is 2. The van der Waals surface area contributed by atoms with E-state index in [1.807, 2.05) is 32.3 Å². The Kier molecular flexibility index (Phi) is 2.02. The first-order chi connectivity index (χ1) is 6.33. The molecule has 1 N–H and O–H groups in total. The van der Waals surface area contributed by atoms with Crippen molar-refractivity contribution in [3.8, 4) is 0 Å². The van der Waals surface area contributed by atoms with Gasteiger partial charge in [0.1, 0.15) is 5.82 Å². The Bertz CT molecular complexity index is 417. The maximum absolute atomic E-state index is 4.48. The maximum Gasteiger partial charge on any atom is 0.127 e. The number of pyridine rings is 1. The topological polar surface area (TPSA) is 29.3 Å². The summed E-state index contributed by atoms with van der Waals surface area (Å²) in [5.41, 5.74) is 2.28. The molecule has 0 bridgehead atoms. The van der Waals surface area contributed by atoms with Crippen LogP contribution in [0.3, 0.4) is 0 Å². The second kappa shape index (κ2) is 3.18. The maximum atomic E-state index is 4.48. The van der Waals surface area contributed by atoms with E-state index in [1.54, 1.807) is 0 Å². The van der Waals surface area contributed by atoms with Crippen LogP contribution >= 0.6 is 0 Å². The highest BCUT2D eigenvalue weighted by atomic mass is 15.0. The summed E-state index contributed by atoms with van der Waals surface area (Å²) in [4.78, 5) is 4.48. The van der Waals surface area contributed by atoms with E-state index >= 15 is 0 Å². The van der Waals surface area contributed by atoms with Gasteiger partial charge in [-0.1, -0.05) is 6.07 Å². The zero-order valence-electron chi connectivity index (χ0n) is 7.91. The second-order valence-corrected chi connectivity index (χ2v) is 3.10. The van der Waals surface area contributed by atoms with E-state index in [2.05, 4.69) is 20.8 Å². The summed E-state index contributed by atoms with van der Waals surface area (Å²) < 4.78 is 2.12. The quantitative estimate of drug-likeness (QED) is 0.746. The molecular weight excluding hydrogens is 162 g/mol. The minimum Gasteiger partial charge on any atom is -0.313 e. The first-order valence-electron chi connectivity index (χ1n) is 4.40. The Morgan fingerprint density at radius 1 is 1.46 bits per heavy atom. The van der Waals surface area contributed by atoms with Crippen LogP contribution in [0, 0.1) is 6.92 Å². The molecule has 0 unspecified atom stereocenters. The zero-order chi connectivity index (χ0) is 9.26. The van der Waals surface area contributed by atoms with Crippen molar-refractivity contribution >= 4 is 5.52 Å². The van der Waals surface area contributed by atoms with Gasteiger partial charge in [0, 0.05) is 6.20 Å². The molecule has 0 aliphatic carbocycles. The third-order valence-electron chi connectivity index (χ3n) is 2.14. The van der Waals surface area contributed by atoms with Crippen molar-refractivity contribution in [3.05, 3.63) is 35.9 Å². The van der Waals surface area contributed by atoms with E-state index in [9.17, 15) is 0 Å². The fourth-order valence-electron chi connectivity index (χ4n) is 1.55. The van der Waals surface area contributed by atoms with E-state index in [4.69, 9.17) is 0 Å². The SMILES string of the molecule is CNCc1nc(C)c2ccccn12. The van der Waals surface area contributed by atoms with Gasteiger partial charge in [-0.3, -0.25) is 0 Å². The summed E-state index contributed by atoms with van der Waals surface area (Å²) in [6.45, 7) is 2.84. The van der Waals surface area contributed by atoms with Crippen LogP contribution in [0.25, 0.3) is 5.52 Å². The molecule has 3 heteroatoms. The van der Waals surface area contributed by atoms with Gasteiger partial charge in [0.2, 0.25) is 0 Å². The van der Waals surface area contributed by atoms with Gasteiger partial charge in [-0.15, -0.1) is 0 Å². The molecule has 2 aromatic heterocycles. The predicted octanol–water partition coefficient (Wildman–Crippen LogP) is 1.36. The second-order valence-electron chi connectivity index (χ2n) is 3.10. The normalized spacial score (nSPS) is 10.9. The molecular formula is C10H13N3. The lowest BCUT2D eigenvalue weighted by molar-refractivity contribution is 0.754. The minimum atomic E-state index is 0.805. The minimum absolute atomic E-state index is 0.805. The molecule has 13 heavy (non-hydrogen) atoms. The van der Waals surface area contributed by atoms with E-state index in [-0.39, 0.29) is 0 Å². The van der Waals surface area contributed by atoms with Gasteiger partial charge in [0.15, 0.2) is 0 Å². The van der Waals surface area contributed by atoms with Crippen LogP contribution in [-0.4, -0.2) is 16.4 Å². The lowest BCUT2D eigenvalue weighted by Crippen LogP contribution is -2.08. The zero-order valence-corrected chi connectivity index (χ0v) is 7.91. The fourth-order valence-corrected chi connectivity index (χ4v) is 1.55. The standard InChI is InChI=1S/C10H13N3/c1-8-9-5-3-4-6-13(9)10(12-8)7-11-2/h3-6,11H,7H2,1-2H3. The molecule has 0 aliphatic rings. The Hall–Kier alpha value is -1.35. The molecule has 0 saturated carbocycles. The van der Waals surface area contributed by atoms with Gasteiger partial charge in [0.05, 0.1) is 17.8 Å². The van der Waals surface area contributed by atoms with Gasteiger partial charge in [-0.05, 0) is 26.1 Å². The molecule has 68 valence electrons. The Morgan fingerprint density at radius 3 is 3.08 bits per heavy atom. The molecule has 2 heterocycles. The van der Waals surface area contributed by atoms with Gasteiger partial charge < -0.3 is 9.72 Å². The van der Waals surface area contributed by atoms with Crippen LogP contribution in [0.2, 0.25) is 0 Å². The van der Waals surface area contributed by atoms with Crippen LogP contribution in [0.15, 0.2) is 24.4 Å². The molecule has 0 radical (unpaired) electrons. The van der Waals surface area contributed by atoms with Gasteiger partial charge in [0.25, 0.3) is 0 Å². The average molecular weight is 175 g/mol. The van der Waals surface area contributed by atoms with E-state index in [1.165, 1.54) is 5.52 Å². The third-order valence-corrected chi connectivity index (χ3v) is 2.14. The van der Waals surface area contributed by atoms with Gasteiger partial charge in [-0.25, -0.2) is 4.98 Å². The summed E-state index contributed by atoms with van der Waals surface area (Å²) in [7, 11) is 1.93. The third kappa shape index (κ3) is 1.31. The Balaban J connectivity index is 2.63. The van der Waals surface area contributed by atoms with E-state index in [0.717, 1.165) is 18.1 Å². The monoisotopic (exact) mass is 175 g/mol. The van der Waals surface area contributed by atoms with Crippen LogP contribution in [0.4, 0.5) is 0 Å². The lowest BCUT2D eigenvalue weighted by atomic mass is 10.3. The largest absolute Gasteiger partial charge is 0.313 e. The Morgan fingerprint density at radius 2 is 2.31 bits per heavy atom. The van der Waals surface area contributed by atoms with Crippen molar-refractivity contribution < 1.29 is 0 Å². The van der Waals surface area contributed by atoms with Crippen molar-refractivity contribution in [2.45, 2.75) is 13.5 Å². The molecule has 2 rings (SSSR count). The van der Waals surface area contributed by atoms with Crippen molar-refractivity contribution in [2.75, 3.05) is 7.05 Å². The molecule has 0 aromatic carbocycles. The number of rotatable bonds is 2. The molecule has 0 amide bonds. The first-order valence-corrected chi connectivity index (χ1v) is 4.40.